The molecule has 0 saturated heterocycles. The highest BCUT2D eigenvalue weighted by Crippen LogP contribution is 2.46. The summed E-state index contributed by atoms with van der Waals surface area (Å²) in [6, 6.07) is 10.0. The number of esters is 3. The van der Waals surface area contributed by atoms with Gasteiger partial charge < -0.3 is 29.2 Å². The second kappa shape index (κ2) is 16.6. The zero-order valence-electron chi connectivity index (χ0n) is 27.9. The van der Waals surface area contributed by atoms with E-state index in [4.69, 9.17) is 33.7 Å². The van der Waals surface area contributed by atoms with Gasteiger partial charge in [0.1, 0.15) is 36.3 Å². The number of nitriles is 1. The summed E-state index contributed by atoms with van der Waals surface area (Å²) in [4.78, 5) is 43.0. The first kappa shape index (κ1) is 37.1. The molecule has 1 fully saturated rings. The summed E-state index contributed by atoms with van der Waals surface area (Å²) < 4.78 is 49.7. The summed E-state index contributed by atoms with van der Waals surface area (Å²) in [6.45, 7) is 7.10. The van der Waals surface area contributed by atoms with Crippen molar-refractivity contribution < 1.29 is 46.9 Å². The lowest BCUT2D eigenvalue weighted by atomic mass is 9.96. The Hall–Kier alpha value is -4.71. The first-order valence-electron chi connectivity index (χ1n) is 15.8. The van der Waals surface area contributed by atoms with Gasteiger partial charge in [-0.25, -0.2) is 14.1 Å². The van der Waals surface area contributed by atoms with Gasteiger partial charge >= 0.3 is 25.7 Å². The van der Waals surface area contributed by atoms with Crippen LogP contribution in [-0.4, -0.2) is 63.5 Å². The summed E-state index contributed by atoms with van der Waals surface area (Å²) in [7, 11) is -4.47. The van der Waals surface area contributed by atoms with Crippen molar-refractivity contribution >= 4 is 37.0 Å². The van der Waals surface area contributed by atoms with Crippen molar-refractivity contribution in [2.45, 2.75) is 84.3 Å². The smallest absolute Gasteiger partial charge is 0.459 e. The number of nitrogen functional groups attached to an aromatic ring is 1. The van der Waals surface area contributed by atoms with Crippen molar-refractivity contribution in [3.63, 3.8) is 0 Å². The minimum atomic E-state index is -4.47. The van der Waals surface area contributed by atoms with Gasteiger partial charge in [-0.1, -0.05) is 45.9 Å². The Morgan fingerprint density at radius 3 is 2.31 bits per heavy atom. The SMILES string of the molecule is CC(C)C(=O)O[C@H]([C@@H](COP(=O)(N[C@@H](C)C(=O)OC1CCC1)Oc1ccccc1)OC#N)[C@@H](OC(=O)C(C)C)c1ccc2c(N)ncnn12. The van der Waals surface area contributed by atoms with E-state index in [0.29, 0.717) is 5.52 Å². The number of ether oxygens (including phenoxy) is 4. The number of fused-ring (bicyclic) bond motifs is 1. The predicted octanol–water partition coefficient (Wildman–Crippen LogP) is 4.26. The van der Waals surface area contributed by atoms with E-state index in [0.717, 1.165) is 19.3 Å². The molecule has 0 amide bonds. The van der Waals surface area contributed by atoms with E-state index in [1.807, 2.05) is 0 Å². The van der Waals surface area contributed by atoms with Crippen molar-refractivity contribution in [2.24, 2.45) is 11.8 Å². The van der Waals surface area contributed by atoms with Gasteiger partial charge in [0.2, 0.25) is 0 Å². The standard InChI is InChI=1S/C32H41N6O10P/c1-19(2)30(39)46-27(24-14-15-25-29(34)35-18-36-38(24)25)28(47-31(40)20(3)4)26(43-17-33)16-44-49(42,48-23-10-7-6-8-11-23)37-21(5)32(41)45-22-12-9-13-22/h6-8,10-11,14-15,18-22,26-28H,9,12-13,16H2,1-5H3,(H,37,42)(H2,34,35,36)/t21-,26+,27-,28+,49?/m0/s1. The Bertz CT molecular complexity index is 1690. The van der Waals surface area contributed by atoms with Crippen LogP contribution in [0.5, 0.6) is 5.75 Å². The zero-order valence-corrected chi connectivity index (χ0v) is 28.8. The van der Waals surface area contributed by atoms with E-state index in [-0.39, 0.29) is 23.4 Å². The molecule has 1 saturated carbocycles. The van der Waals surface area contributed by atoms with Crippen LogP contribution < -0.4 is 15.3 Å². The maximum atomic E-state index is 14.3. The number of nitrogens with zero attached hydrogens (tertiary/aromatic N) is 4. The van der Waals surface area contributed by atoms with Gasteiger partial charge in [-0.2, -0.15) is 15.4 Å². The number of para-hydroxylation sites is 1. The summed E-state index contributed by atoms with van der Waals surface area (Å²) in [5.74, 6) is -3.10. The maximum absolute atomic E-state index is 14.3. The molecule has 3 N–H and O–H groups in total. The molecule has 1 aromatic carbocycles. The number of nitrogens with one attached hydrogen (secondary N) is 1. The lowest BCUT2D eigenvalue weighted by Gasteiger charge is -2.33. The summed E-state index contributed by atoms with van der Waals surface area (Å²) in [5, 5.41) is 16.5. The molecule has 0 radical (unpaired) electrons. The normalized spacial score (nSPS) is 16.8. The van der Waals surface area contributed by atoms with Gasteiger partial charge in [-0.3, -0.25) is 18.9 Å². The number of nitrogens with two attached hydrogens (primary N) is 1. The van der Waals surface area contributed by atoms with Crippen molar-refractivity contribution in [3.8, 4) is 12.0 Å². The molecular formula is C32H41N6O10P. The van der Waals surface area contributed by atoms with E-state index >= 15 is 0 Å². The molecule has 17 heteroatoms. The minimum absolute atomic E-state index is 0.120. The summed E-state index contributed by atoms with van der Waals surface area (Å²) >= 11 is 0. The number of hydrogen-bond donors (Lipinski definition) is 2. The number of hydrogen-bond acceptors (Lipinski definition) is 14. The average Bonchev–Trinajstić information content (AvgIpc) is 3.48. The Kier molecular flexibility index (Phi) is 12.6. The Morgan fingerprint density at radius 1 is 1.02 bits per heavy atom. The van der Waals surface area contributed by atoms with E-state index in [9.17, 15) is 24.2 Å². The third-order valence-corrected chi connectivity index (χ3v) is 9.17. The van der Waals surface area contributed by atoms with Crippen LogP contribution in [0.25, 0.3) is 5.52 Å². The summed E-state index contributed by atoms with van der Waals surface area (Å²) in [6.07, 6.45) is 0.357. The van der Waals surface area contributed by atoms with Gasteiger partial charge in [0.15, 0.2) is 24.1 Å². The zero-order chi connectivity index (χ0) is 35.7. The van der Waals surface area contributed by atoms with Crippen molar-refractivity contribution in [1.82, 2.24) is 19.7 Å². The van der Waals surface area contributed by atoms with Crippen LogP contribution in [0.3, 0.4) is 0 Å². The average molecular weight is 701 g/mol. The van der Waals surface area contributed by atoms with Crippen LogP contribution in [0.15, 0.2) is 48.8 Å². The Balaban J connectivity index is 1.72. The molecule has 49 heavy (non-hydrogen) atoms. The molecule has 1 unspecified atom stereocenters. The lowest BCUT2D eigenvalue weighted by Crippen LogP contribution is -2.44. The minimum Gasteiger partial charge on any atom is -0.461 e. The monoisotopic (exact) mass is 700 g/mol. The molecule has 16 nitrogen and oxygen atoms in total. The number of anilines is 1. The third kappa shape index (κ3) is 9.69. The molecule has 4 rings (SSSR count). The molecule has 5 atom stereocenters. The van der Waals surface area contributed by atoms with Crippen molar-refractivity contribution in [3.05, 3.63) is 54.5 Å². The molecular weight excluding hydrogens is 659 g/mol. The molecule has 2 aromatic heterocycles. The highest BCUT2D eigenvalue weighted by atomic mass is 31.2. The van der Waals surface area contributed by atoms with Crippen molar-refractivity contribution in [2.75, 3.05) is 12.3 Å². The van der Waals surface area contributed by atoms with E-state index < -0.39 is 68.5 Å². The Labute approximate surface area is 283 Å². The van der Waals surface area contributed by atoms with Crippen LogP contribution in [0.1, 0.15) is 65.7 Å². The molecule has 0 aliphatic heterocycles. The van der Waals surface area contributed by atoms with Crippen LogP contribution in [0.2, 0.25) is 0 Å². The van der Waals surface area contributed by atoms with Crippen molar-refractivity contribution in [1.29, 1.82) is 5.26 Å². The van der Waals surface area contributed by atoms with E-state index in [1.54, 1.807) is 64.3 Å². The van der Waals surface area contributed by atoms with Gasteiger partial charge in [0.25, 0.3) is 6.26 Å². The quantitative estimate of drug-likeness (QED) is 0.0870. The second-order valence-corrected chi connectivity index (χ2v) is 13.7. The van der Waals surface area contributed by atoms with Crippen LogP contribution in [-0.2, 0) is 42.4 Å². The number of carbonyl (C=O) groups is 3. The van der Waals surface area contributed by atoms with Gasteiger partial charge in [0, 0.05) is 0 Å². The molecule has 1 aliphatic carbocycles. The fourth-order valence-corrected chi connectivity index (χ4v) is 6.04. The number of benzene rings is 1. The maximum Gasteiger partial charge on any atom is 0.459 e. The topological polar surface area (TPSA) is 216 Å². The molecule has 264 valence electrons. The number of rotatable bonds is 17. The van der Waals surface area contributed by atoms with Crippen LogP contribution in [0.4, 0.5) is 5.82 Å². The van der Waals surface area contributed by atoms with Crippen LogP contribution in [0, 0.1) is 23.4 Å². The molecule has 1 aliphatic rings. The Morgan fingerprint density at radius 2 is 1.69 bits per heavy atom. The number of carbonyl (C=O) groups excluding carboxylic acids is 3. The lowest BCUT2D eigenvalue weighted by molar-refractivity contribution is -0.184. The van der Waals surface area contributed by atoms with E-state index in [1.165, 1.54) is 29.9 Å². The van der Waals surface area contributed by atoms with Crippen LogP contribution >= 0.6 is 7.75 Å². The predicted molar refractivity (Wildman–Crippen MR) is 173 cm³/mol. The van der Waals surface area contributed by atoms with E-state index in [2.05, 4.69) is 15.2 Å². The number of aromatic nitrogens is 3. The first-order valence-corrected chi connectivity index (χ1v) is 17.4. The fourth-order valence-electron chi connectivity index (χ4n) is 4.54. The largest absolute Gasteiger partial charge is 0.461 e. The fraction of sp³-hybridized carbons (Fsp3) is 0.500. The third-order valence-electron chi connectivity index (χ3n) is 7.53. The van der Waals surface area contributed by atoms with Gasteiger partial charge in [-0.15, -0.1) is 0 Å². The molecule has 3 aromatic rings. The molecule has 0 bridgehead atoms. The molecule has 2 heterocycles. The second-order valence-electron chi connectivity index (χ2n) is 12.1. The first-order chi connectivity index (χ1) is 23.3. The molecule has 0 spiro atoms. The summed E-state index contributed by atoms with van der Waals surface area (Å²) in [5.41, 5.74) is 6.60. The highest BCUT2D eigenvalue weighted by Gasteiger charge is 2.43. The van der Waals surface area contributed by atoms with Gasteiger partial charge in [0.05, 0.1) is 17.5 Å². The highest BCUT2D eigenvalue weighted by molar-refractivity contribution is 7.52. The van der Waals surface area contributed by atoms with Gasteiger partial charge in [-0.05, 0) is 50.5 Å².